The smallest absolute Gasteiger partial charge is 0.0505 e. The predicted molar refractivity (Wildman–Crippen MR) is 305 cm³/mol. The van der Waals surface area contributed by atoms with E-state index in [1.165, 1.54) is 39.0 Å². The molecule has 0 saturated carbocycles. The number of nitrogens with zero attached hydrogens (tertiary/aromatic N) is 3. The van der Waals surface area contributed by atoms with Crippen molar-refractivity contribution < 1.29 is 0 Å². The molecule has 1 aliphatic rings. The van der Waals surface area contributed by atoms with Crippen LogP contribution in [0.5, 0.6) is 0 Å². The largest absolute Gasteiger partial charge is 0.310 e. The first-order valence-corrected chi connectivity index (χ1v) is 25.2. The van der Waals surface area contributed by atoms with Crippen molar-refractivity contribution in [1.29, 1.82) is 0 Å². The molecule has 348 valence electrons. The van der Waals surface area contributed by atoms with Crippen LogP contribution >= 0.6 is 23.2 Å². The summed E-state index contributed by atoms with van der Waals surface area (Å²) in [6.07, 6.45) is 12.7. The van der Waals surface area contributed by atoms with E-state index in [4.69, 9.17) is 23.2 Å². The Bertz CT molecular complexity index is 3520. The Morgan fingerprint density at radius 1 is 0.417 bits per heavy atom. The summed E-state index contributed by atoms with van der Waals surface area (Å²) in [6, 6.07) is 81.9. The van der Waals surface area contributed by atoms with Crippen LogP contribution in [0.3, 0.4) is 0 Å². The molecule has 0 amide bonds. The Morgan fingerprint density at radius 3 is 1.50 bits per heavy atom. The maximum Gasteiger partial charge on any atom is 0.0505 e. The highest BCUT2D eigenvalue weighted by atomic mass is 35.5. The van der Waals surface area contributed by atoms with Gasteiger partial charge in [-0.2, -0.15) is 0 Å². The Hall–Kier alpha value is -8.21. The number of aromatic nitrogens is 1. The Labute approximate surface area is 433 Å². The van der Waals surface area contributed by atoms with Crippen LogP contribution in [0.4, 0.5) is 34.1 Å². The zero-order chi connectivity index (χ0) is 48.8. The fourth-order valence-electron chi connectivity index (χ4n) is 9.97. The van der Waals surface area contributed by atoms with Crippen molar-refractivity contribution in [3.05, 3.63) is 299 Å². The summed E-state index contributed by atoms with van der Waals surface area (Å²) in [5, 5.41) is 1.28. The van der Waals surface area contributed by atoms with E-state index in [1.807, 2.05) is 54.9 Å². The lowest BCUT2D eigenvalue weighted by atomic mass is 9.83. The summed E-state index contributed by atoms with van der Waals surface area (Å²) >= 11 is 13.8. The van der Waals surface area contributed by atoms with Gasteiger partial charge in [-0.05, 0) is 160 Å². The number of hydrogen-bond donors (Lipinski definition) is 0. The third kappa shape index (κ3) is 9.78. The molecule has 1 aliphatic carbocycles. The molecule has 9 aromatic carbocycles. The van der Waals surface area contributed by atoms with E-state index in [-0.39, 0.29) is 5.92 Å². The quantitative estimate of drug-likeness (QED) is 0.107. The van der Waals surface area contributed by atoms with Gasteiger partial charge in [0.15, 0.2) is 0 Å². The number of anilines is 6. The predicted octanol–water partition coefficient (Wildman–Crippen LogP) is 19.6. The zero-order valence-corrected chi connectivity index (χ0v) is 41.4. The lowest BCUT2D eigenvalue weighted by molar-refractivity contribution is 0.961. The molecule has 0 spiro atoms. The van der Waals surface area contributed by atoms with E-state index in [0.717, 1.165) is 74.8 Å². The second-order valence-corrected chi connectivity index (χ2v) is 19.0. The van der Waals surface area contributed by atoms with Gasteiger partial charge in [-0.1, -0.05) is 187 Å². The molecule has 0 fully saturated rings. The number of benzene rings is 9. The van der Waals surface area contributed by atoms with Gasteiger partial charge in [0.1, 0.15) is 0 Å². The van der Waals surface area contributed by atoms with E-state index < -0.39 is 0 Å². The molecule has 10 aromatic rings. The van der Waals surface area contributed by atoms with Crippen LogP contribution in [0.2, 0.25) is 10.0 Å². The van der Waals surface area contributed by atoms with Gasteiger partial charge in [0.05, 0.1) is 5.02 Å². The first kappa shape index (κ1) is 46.2. The van der Waals surface area contributed by atoms with Crippen molar-refractivity contribution in [2.24, 2.45) is 0 Å². The van der Waals surface area contributed by atoms with E-state index in [9.17, 15) is 0 Å². The van der Waals surface area contributed by atoms with Crippen LogP contribution in [0.25, 0.3) is 39.0 Å². The van der Waals surface area contributed by atoms with Gasteiger partial charge in [0.2, 0.25) is 0 Å². The number of aryl methyl sites for hydroxylation is 1. The molecule has 5 heteroatoms. The van der Waals surface area contributed by atoms with Crippen molar-refractivity contribution in [2.75, 3.05) is 9.80 Å². The normalized spacial score (nSPS) is 12.5. The Kier molecular flexibility index (Phi) is 13.5. The fourth-order valence-corrected chi connectivity index (χ4v) is 10.5. The second kappa shape index (κ2) is 21.0. The Morgan fingerprint density at radius 2 is 0.917 bits per heavy atom. The summed E-state index contributed by atoms with van der Waals surface area (Å²) in [6.45, 7) is 2.24. The van der Waals surface area contributed by atoms with Gasteiger partial charge in [-0.15, -0.1) is 0 Å². The van der Waals surface area contributed by atoms with Crippen LogP contribution in [-0.2, 0) is 0 Å². The second-order valence-electron chi connectivity index (χ2n) is 18.2. The molecule has 0 bridgehead atoms. The number of halogens is 2. The van der Waals surface area contributed by atoms with Crippen LogP contribution in [0.1, 0.15) is 46.6 Å². The average molecular weight is 969 g/mol. The third-order valence-electron chi connectivity index (χ3n) is 13.6. The summed E-state index contributed by atoms with van der Waals surface area (Å²) in [7, 11) is 0. The van der Waals surface area contributed by atoms with Gasteiger partial charge < -0.3 is 9.80 Å². The molecule has 1 aromatic heterocycles. The molecule has 1 atom stereocenters. The third-order valence-corrected chi connectivity index (χ3v) is 14.3. The van der Waals surface area contributed by atoms with Crippen LogP contribution in [0.15, 0.2) is 261 Å². The van der Waals surface area contributed by atoms with Crippen molar-refractivity contribution in [3.63, 3.8) is 0 Å². The highest BCUT2D eigenvalue weighted by Gasteiger charge is 2.23. The molecule has 1 unspecified atom stereocenters. The Balaban J connectivity index is 0.966. The molecule has 11 rings (SSSR count). The summed E-state index contributed by atoms with van der Waals surface area (Å²) in [5.41, 5.74) is 19.9. The molecule has 1 heterocycles. The molecule has 0 saturated heterocycles. The maximum atomic E-state index is 7.15. The van der Waals surface area contributed by atoms with Crippen molar-refractivity contribution >= 4 is 62.9 Å². The highest BCUT2D eigenvalue weighted by molar-refractivity contribution is 6.36. The van der Waals surface area contributed by atoms with E-state index >= 15 is 0 Å². The highest BCUT2D eigenvalue weighted by Crippen LogP contribution is 2.44. The zero-order valence-electron chi connectivity index (χ0n) is 39.9. The molecule has 0 radical (unpaired) electrons. The summed E-state index contributed by atoms with van der Waals surface area (Å²) in [4.78, 5) is 9.00. The van der Waals surface area contributed by atoms with Crippen LogP contribution in [-0.4, -0.2) is 4.98 Å². The van der Waals surface area contributed by atoms with Crippen LogP contribution in [0, 0.1) is 6.92 Å². The lowest BCUT2D eigenvalue weighted by Crippen LogP contribution is -2.12. The minimum atomic E-state index is -0.0272. The average Bonchev–Trinajstić information content (AvgIpc) is 3.44. The first-order chi connectivity index (χ1) is 35.4. The minimum absolute atomic E-state index is 0.0272. The summed E-state index contributed by atoms with van der Waals surface area (Å²) < 4.78 is 0. The van der Waals surface area contributed by atoms with Gasteiger partial charge in [-0.25, -0.2) is 0 Å². The molecule has 0 N–H and O–H groups in total. The maximum absolute atomic E-state index is 7.15. The molecular weight excluding hydrogens is 918 g/mol. The van der Waals surface area contributed by atoms with Crippen molar-refractivity contribution in [2.45, 2.75) is 25.7 Å². The molecule has 0 aliphatic heterocycles. The monoisotopic (exact) mass is 967 g/mol. The van der Waals surface area contributed by atoms with E-state index in [0.29, 0.717) is 10.0 Å². The minimum Gasteiger partial charge on any atom is -0.310 e. The molecule has 72 heavy (non-hydrogen) atoms. The van der Waals surface area contributed by atoms with Gasteiger partial charge >= 0.3 is 0 Å². The number of hydrogen-bond acceptors (Lipinski definition) is 3. The fraction of sp³-hybridized carbons (Fsp3) is 0.0597. The van der Waals surface area contributed by atoms with Crippen molar-refractivity contribution in [1.82, 2.24) is 4.98 Å². The SMILES string of the molecule is Cc1cc(N(c2ccc(C3=CCCC=C3)cc2)c2ccc(-c3cccnc3)cc2)ccc1C(c1ccccc1)c1ccc(N(c2ccc(-c3ccccc3)cc2)c2ccc(-c3ccccc3Cl)c(Cl)c2)cc1. The topological polar surface area (TPSA) is 19.4 Å². The molecular formula is C67H51Cl2N3. The first-order valence-electron chi connectivity index (χ1n) is 24.5. The summed E-state index contributed by atoms with van der Waals surface area (Å²) in [5.74, 6) is -0.0272. The number of pyridine rings is 1. The van der Waals surface area contributed by atoms with Crippen molar-refractivity contribution in [3.8, 4) is 33.4 Å². The van der Waals surface area contributed by atoms with Gasteiger partial charge in [0.25, 0.3) is 0 Å². The lowest BCUT2D eigenvalue weighted by Gasteiger charge is -2.29. The molecule has 3 nitrogen and oxygen atoms in total. The van der Waals surface area contributed by atoms with Crippen LogP contribution < -0.4 is 9.80 Å². The van der Waals surface area contributed by atoms with E-state index in [1.54, 1.807) is 0 Å². The standard InChI is InChI=1S/C67H51Cl2N3/c1-47-44-60(71(56-31-23-50(24-32-56)48-14-5-2-6-15-48)57-35-27-52(28-36-57)55-20-13-43-70-46-55)39-41-62(47)67(53-18-9-4-10-19-53)54-29-37-59(38-30-54)72(58-33-25-51(26-34-58)49-16-7-3-8-17-49)61-40-42-64(66(69)45-61)63-21-11-12-22-65(63)68/h3-5,7-46,67H,2,6H2,1H3. The van der Waals surface area contributed by atoms with Gasteiger partial charge in [-0.3, -0.25) is 4.98 Å². The van der Waals surface area contributed by atoms with Gasteiger partial charge in [0, 0.05) is 68.6 Å². The number of allylic oxidation sites excluding steroid dienone is 4. The number of rotatable bonds is 13. The van der Waals surface area contributed by atoms with E-state index in [2.05, 4.69) is 228 Å².